The second kappa shape index (κ2) is 6.51. The molecule has 1 aromatic carbocycles. The van der Waals surface area contributed by atoms with Crippen molar-refractivity contribution in [2.75, 3.05) is 0 Å². The van der Waals surface area contributed by atoms with Gasteiger partial charge < -0.3 is 12.7 Å². The fourth-order valence-electron chi connectivity index (χ4n) is 4.16. The molecule has 131 valence electrons. The van der Waals surface area contributed by atoms with Crippen LogP contribution in [0, 0.1) is 30.9 Å². The minimum atomic E-state index is -1.10. The van der Waals surface area contributed by atoms with Gasteiger partial charge in [0.1, 0.15) is 11.6 Å². The molecule has 0 amide bonds. The van der Waals surface area contributed by atoms with Crippen LogP contribution in [0.1, 0.15) is 11.3 Å². The van der Waals surface area contributed by atoms with Gasteiger partial charge in [-0.25, -0.2) is 13.6 Å². The van der Waals surface area contributed by atoms with Gasteiger partial charge in [-0.1, -0.05) is 6.07 Å². The first-order chi connectivity index (χ1) is 13.1. The zero-order valence-electron chi connectivity index (χ0n) is 14.5. The monoisotopic (exact) mass is 444 g/mol. The number of pyridine rings is 2. The molecular weight excluding hydrogens is 433 g/mol. The van der Waals surface area contributed by atoms with E-state index in [2.05, 4.69) is 10.9 Å². The van der Waals surface area contributed by atoms with Crippen molar-refractivity contribution in [3.8, 4) is 11.3 Å². The average Bonchev–Trinajstić information content (AvgIpc) is 3.17. The van der Waals surface area contributed by atoms with E-state index in [1.54, 1.807) is 18.3 Å². The summed E-state index contributed by atoms with van der Waals surface area (Å²) < 4.78 is 33.6. The van der Waals surface area contributed by atoms with Crippen LogP contribution in [-0.4, -0.2) is 0 Å². The Morgan fingerprint density at radius 3 is 2.54 bits per heavy atom. The third-order valence-electron chi connectivity index (χ3n) is 5.16. The fraction of sp³-hybridized carbons (Fsp3) is 0.0455. The molecule has 2 aromatic heterocycles. The normalized spacial score (nSPS) is 17.8. The maximum atomic E-state index is 15.2. The van der Waals surface area contributed by atoms with Gasteiger partial charge in [0.2, 0.25) is 5.69 Å². The van der Waals surface area contributed by atoms with Crippen LogP contribution >= 0.6 is 0 Å². The second-order valence-electron chi connectivity index (χ2n) is 6.34. The third-order valence-corrected chi connectivity index (χ3v) is 5.16. The van der Waals surface area contributed by atoms with Gasteiger partial charge in [-0.15, -0.1) is 10.6 Å². The van der Waals surface area contributed by atoms with E-state index in [9.17, 15) is 4.39 Å². The first kappa shape index (κ1) is 18.8. The Kier molecular flexibility index (Phi) is 4.37. The number of hydrogen-bond donors (Lipinski definition) is 0. The smallest absolute Gasteiger partial charge is 0.333 e. The Bertz CT molecular complexity index is 1240. The Balaban J connectivity index is 0.00000192. The Morgan fingerprint density at radius 2 is 1.82 bits per heavy atom. The molecule has 1 spiro atoms. The third kappa shape index (κ3) is 2.08. The molecule has 1 atom stereocenters. The van der Waals surface area contributed by atoms with Crippen LogP contribution in [0.3, 0.4) is 0 Å². The van der Waals surface area contributed by atoms with E-state index >= 15 is 4.39 Å². The van der Waals surface area contributed by atoms with E-state index < -0.39 is 23.0 Å². The maximum absolute atomic E-state index is 15.2. The van der Waals surface area contributed by atoms with E-state index in [4.69, 9.17) is 13.2 Å². The van der Waals surface area contributed by atoms with E-state index in [1.807, 2.05) is 39.6 Å². The van der Waals surface area contributed by atoms with Crippen LogP contribution in [0.25, 0.3) is 16.1 Å². The van der Waals surface area contributed by atoms with E-state index in [1.165, 1.54) is 12.1 Å². The van der Waals surface area contributed by atoms with E-state index in [-0.39, 0.29) is 38.3 Å². The standard InChI is InChI=1S/C22H11F2N3.Y/c1-3-14-12-15-8-4-6-10-26(15)22(14)16-13-17(23)21(25-2)20(24)19(16)18-9-5-7-11-27(18)22;/h1,3-11,13H;. The molecule has 0 N–H and O–H groups in total. The molecule has 1 radical (unpaired) electrons. The first-order valence-electron chi connectivity index (χ1n) is 8.26. The van der Waals surface area contributed by atoms with E-state index in [0.29, 0.717) is 16.8 Å². The molecular formula is C22H11F2N3Y. The maximum Gasteiger partial charge on any atom is 0.333 e. The SMILES string of the molecule is [C-]#[N+]c1c(F)cc2c(c1F)-c1cccc[n+]1C21C(C=[CH-])=[C-]c2cccc[n+]21.[Y]. The van der Waals surface area contributed by atoms with Gasteiger partial charge in [-0.3, -0.25) is 0 Å². The number of allylic oxidation sites excluding steroid dienone is 2. The second-order valence-corrected chi connectivity index (χ2v) is 6.34. The molecule has 0 fully saturated rings. The fourth-order valence-corrected chi connectivity index (χ4v) is 4.16. The number of fused-ring (bicyclic) bond motifs is 7. The van der Waals surface area contributed by atoms with Crippen molar-refractivity contribution in [3.05, 3.63) is 113 Å². The van der Waals surface area contributed by atoms with Crippen molar-refractivity contribution in [2.24, 2.45) is 0 Å². The van der Waals surface area contributed by atoms with Crippen LogP contribution in [0.2, 0.25) is 0 Å². The molecule has 1 unspecified atom stereocenters. The molecule has 0 saturated carbocycles. The van der Waals surface area contributed by atoms with Crippen molar-refractivity contribution in [3.63, 3.8) is 0 Å². The summed E-state index contributed by atoms with van der Waals surface area (Å²) in [7, 11) is 0. The van der Waals surface area contributed by atoms with E-state index in [0.717, 1.165) is 5.69 Å². The summed E-state index contributed by atoms with van der Waals surface area (Å²) in [6, 6.07) is 12.1. The van der Waals surface area contributed by atoms with Crippen LogP contribution in [0.4, 0.5) is 14.5 Å². The minimum Gasteiger partial charge on any atom is -0.360 e. The van der Waals surface area contributed by atoms with Crippen LogP contribution in [0.5, 0.6) is 0 Å². The van der Waals surface area contributed by atoms with Gasteiger partial charge in [0.05, 0.1) is 23.4 Å². The molecule has 3 nitrogen and oxygen atoms in total. The average molecular weight is 444 g/mol. The van der Waals surface area contributed by atoms with Crippen LogP contribution in [0.15, 0.2) is 66.5 Å². The molecule has 6 heteroatoms. The molecule has 4 heterocycles. The predicted octanol–water partition coefficient (Wildman–Crippen LogP) is 3.40. The summed E-state index contributed by atoms with van der Waals surface area (Å²) in [4.78, 5) is 3.05. The topological polar surface area (TPSA) is 12.1 Å². The van der Waals surface area contributed by atoms with Gasteiger partial charge in [0.15, 0.2) is 12.4 Å². The van der Waals surface area contributed by atoms with Crippen LogP contribution in [-0.2, 0) is 38.4 Å². The molecule has 2 aliphatic heterocycles. The molecule has 3 aromatic rings. The first-order valence-corrected chi connectivity index (χ1v) is 8.26. The summed E-state index contributed by atoms with van der Waals surface area (Å²) in [6.07, 6.45) is 8.27. The quantitative estimate of drug-likeness (QED) is 0.403. The summed E-state index contributed by atoms with van der Waals surface area (Å²) in [6.45, 7) is 13.1. The molecule has 0 aliphatic carbocycles. The van der Waals surface area contributed by atoms with Crippen molar-refractivity contribution in [1.29, 1.82) is 0 Å². The molecule has 0 saturated heterocycles. The Labute approximate surface area is 186 Å². The Morgan fingerprint density at radius 1 is 1.11 bits per heavy atom. The van der Waals surface area contributed by atoms with Gasteiger partial charge in [-0.05, 0) is 18.2 Å². The van der Waals surface area contributed by atoms with Crippen molar-refractivity contribution >= 4 is 5.69 Å². The number of hydrogen-bond acceptors (Lipinski definition) is 0. The Hall–Kier alpha value is -2.55. The number of halogens is 2. The number of nitrogens with zero attached hydrogens (tertiary/aromatic N) is 3. The van der Waals surface area contributed by atoms with Gasteiger partial charge >= 0.3 is 5.66 Å². The summed E-state index contributed by atoms with van der Waals surface area (Å²) in [5.41, 5.74) is 0.728. The molecule has 5 rings (SSSR count). The minimum absolute atomic E-state index is 0. The predicted molar refractivity (Wildman–Crippen MR) is 92.1 cm³/mol. The number of aromatic nitrogens is 2. The molecule has 2 aliphatic rings. The van der Waals surface area contributed by atoms with Gasteiger partial charge in [0, 0.05) is 44.8 Å². The largest absolute Gasteiger partial charge is 0.360 e. The number of benzene rings is 1. The summed E-state index contributed by atoms with van der Waals surface area (Å²) in [5, 5.41) is 0. The van der Waals surface area contributed by atoms with Crippen molar-refractivity contribution < 1.29 is 50.6 Å². The van der Waals surface area contributed by atoms with Gasteiger partial charge in [0.25, 0.3) is 5.69 Å². The zero-order chi connectivity index (χ0) is 18.8. The summed E-state index contributed by atoms with van der Waals surface area (Å²) in [5.74, 6) is -1.76. The number of rotatable bonds is 1. The van der Waals surface area contributed by atoms with Crippen LogP contribution < -0.4 is 9.13 Å². The molecule has 0 bridgehead atoms. The van der Waals surface area contributed by atoms with Crippen molar-refractivity contribution in [1.82, 2.24) is 0 Å². The summed E-state index contributed by atoms with van der Waals surface area (Å²) >= 11 is 0. The molecule has 28 heavy (non-hydrogen) atoms. The van der Waals surface area contributed by atoms with Crippen molar-refractivity contribution in [2.45, 2.75) is 5.66 Å². The van der Waals surface area contributed by atoms with Gasteiger partial charge in [-0.2, -0.15) is 16.2 Å². The zero-order valence-corrected chi connectivity index (χ0v) is 17.4.